The number of alkyl halides is 3. The molecule has 1 unspecified atom stereocenters. The van der Waals surface area contributed by atoms with Crippen LogP contribution in [0, 0.1) is 6.92 Å². The number of rotatable bonds is 2. The average Bonchev–Trinajstić information content (AvgIpc) is 2.65. The Labute approximate surface area is 115 Å². The van der Waals surface area contributed by atoms with Gasteiger partial charge in [-0.3, -0.25) is 0 Å². The van der Waals surface area contributed by atoms with Crippen molar-refractivity contribution in [3.63, 3.8) is 0 Å². The van der Waals surface area contributed by atoms with Crippen molar-refractivity contribution < 1.29 is 13.2 Å². The van der Waals surface area contributed by atoms with Crippen LogP contribution < -0.4 is 11.5 Å². The summed E-state index contributed by atoms with van der Waals surface area (Å²) >= 11 is 0. The van der Waals surface area contributed by atoms with Crippen molar-refractivity contribution >= 4 is 20.1 Å². The van der Waals surface area contributed by atoms with Gasteiger partial charge in [0.15, 0.2) is 0 Å². The van der Waals surface area contributed by atoms with E-state index >= 15 is 0 Å². The molecule has 0 amide bonds. The zero-order valence-corrected chi connectivity index (χ0v) is 11.8. The number of aryl methyl sites for hydroxylation is 1. The molecule has 2 heterocycles. The Balaban J connectivity index is 2.69. The fourth-order valence-electron chi connectivity index (χ4n) is 1.79. The Hall–Kier alpha value is -1.82. The van der Waals surface area contributed by atoms with E-state index in [-0.39, 0.29) is 20.0 Å². The number of halogens is 3. The van der Waals surface area contributed by atoms with Gasteiger partial charge in [-0.25, -0.2) is 9.44 Å². The third kappa shape index (κ3) is 2.43. The summed E-state index contributed by atoms with van der Waals surface area (Å²) in [6.07, 6.45) is -3.55. The second-order valence-corrected chi connectivity index (χ2v) is 5.01. The maximum absolute atomic E-state index is 12.7. The molecule has 0 aliphatic carbocycles. The Morgan fingerprint density at radius 3 is 2.50 bits per heavy atom. The minimum absolute atomic E-state index is 0.129. The van der Waals surface area contributed by atoms with Gasteiger partial charge in [0, 0.05) is 14.3 Å². The lowest BCUT2D eigenvalue weighted by atomic mass is 10.1. The summed E-state index contributed by atoms with van der Waals surface area (Å²) in [7, 11) is 0.220. The number of nitrogens with zero attached hydrogens (tertiary/aromatic N) is 3. The summed E-state index contributed by atoms with van der Waals surface area (Å²) in [6, 6.07) is 0.902. The van der Waals surface area contributed by atoms with E-state index in [2.05, 4.69) is 10.1 Å². The van der Waals surface area contributed by atoms with Crippen LogP contribution in [0.4, 0.5) is 24.5 Å². The van der Waals surface area contributed by atoms with Crippen LogP contribution in [-0.2, 0) is 6.18 Å². The third-order valence-electron chi connectivity index (χ3n) is 2.80. The molecule has 1 atom stereocenters. The topological polar surface area (TPSA) is 82.8 Å². The number of nitrogen functional groups attached to an aromatic ring is 2. The molecule has 2 rings (SSSR count). The van der Waals surface area contributed by atoms with Crippen LogP contribution in [0.25, 0.3) is 11.3 Å². The van der Waals surface area contributed by atoms with Gasteiger partial charge in [0.05, 0.1) is 29.0 Å². The van der Waals surface area contributed by atoms with Crippen molar-refractivity contribution in [2.45, 2.75) is 13.1 Å². The predicted molar refractivity (Wildman–Crippen MR) is 73.7 cm³/mol. The van der Waals surface area contributed by atoms with Crippen LogP contribution in [0.1, 0.15) is 11.4 Å². The van der Waals surface area contributed by atoms with E-state index in [1.807, 2.05) is 6.66 Å². The van der Waals surface area contributed by atoms with E-state index in [9.17, 15) is 13.2 Å². The number of pyridine rings is 1. The number of anilines is 2. The second-order valence-electron chi connectivity index (χ2n) is 4.14. The van der Waals surface area contributed by atoms with Crippen molar-refractivity contribution in [3.8, 4) is 11.3 Å². The van der Waals surface area contributed by atoms with E-state index in [0.717, 1.165) is 12.3 Å². The maximum atomic E-state index is 12.7. The van der Waals surface area contributed by atoms with Crippen molar-refractivity contribution in [1.82, 2.24) is 14.5 Å². The normalized spacial score (nSPS) is 12.4. The molecule has 0 fully saturated rings. The lowest BCUT2D eigenvalue weighted by Gasteiger charge is -2.12. The van der Waals surface area contributed by atoms with Crippen LogP contribution in [0.15, 0.2) is 12.3 Å². The molecule has 0 saturated carbocycles. The number of nitrogens with two attached hydrogens (primary N) is 2. The van der Waals surface area contributed by atoms with Crippen LogP contribution in [-0.4, -0.2) is 21.2 Å². The lowest BCUT2D eigenvalue weighted by molar-refractivity contribution is -0.141. The van der Waals surface area contributed by atoms with Gasteiger partial charge in [0.2, 0.25) is 0 Å². The average molecular weight is 303 g/mol. The van der Waals surface area contributed by atoms with E-state index in [1.54, 1.807) is 11.4 Å². The Morgan fingerprint density at radius 2 is 1.95 bits per heavy atom. The predicted octanol–water partition coefficient (Wildman–Crippen LogP) is 2.51. The van der Waals surface area contributed by atoms with Gasteiger partial charge in [-0.05, 0) is 19.7 Å². The zero-order valence-electron chi connectivity index (χ0n) is 10.8. The van der Waals surface area contributed by atoms with Crippen LogP contribution in [0.2, 0.25) is 0 Å². The molecule has 0 bridgehead atoms. The highest BCUT2D eigenvalue weighted by atomic mass is 31.1. The SMILES string of the molecule is CPn1nc(C)c(N)c1-c1cc(C(F)(F)F)ncc1N. The highest BCUT2D eigenvalue weighted by Crippen LogP contribution is 2.38. The molecular formula is C11H13F3N5P. The standard InChI is InChI=1S/C11H13F3N5P/c1-5-9(16)10(19(18-5)20-2)6-3-8(11(12,13)14)17-4-7(6)15/h3-4,20H,15-16H2,1-2H3. The van der Waals surface area contributed by atoms with Gasteiger partial charge in [-0.15, -0.1) is 0 Å². The Morgan fingerprint density at radius 1 is 1.30 bits per heavy atom. The molecule has 20 heavy (non-hydrogen) atoms. The minimum atomic E-state index is -4.54. The molecule has 0 spiro atoms. The first-order valence-electron chi connectivity index (χ1n) is 5.61. The smallest absolute Gasteiger partial charge is 0.397 e. The highest BCUT2D eigenvalue weighted by molar-refractivity contribution is 7.35. The highest BCUT2D eigenvalue weighted by Gasteiger charge is 2.33. The first-order valence-corrected chi connectivity index (χ1v) is 7.06. The molecule has 0 aromatic carbocycles. The van der Waals surface area contributed by atoms with Gasteiger partial charge < -0.3 is 11.5 Å². The van der Waals surface area contributed by atoms with Crippen molar-refractivity contribution in [2.24, 2.45) is 0 Å². The van der Waals surface area contributed by atoms with Gasteiger partial charge in [0.25, 0.3) is 0 Å². The largest absolute Gasteiger partial charge is 0.433 e. The van der Waals surface area contributed by atoms with Gasteiger partial charge in [-0.1, -0.05) is 0 Å². The first kappa shape index (κ1) is 14.6. The lowest BCUT2D eigenvalue weighted by Crippen LogP contribution is -2.09. The monoisotopic (exact) mass is 303 g/mol. The van der Waals surface area contributed by atoms with Crippen molar-refractivity contribution in [2.75, 3.05) is 18.1 Å². The summed E-state index contributed by atoms with van der Waals surface area (Å²) in [5.41, 5.74) is 12.2. The fourth-order valence-corrected chi connectivity index (χ4v) is 2.50. The molecule has 0 aliphatic heterocycles. The number of aromatic nitrogens is 3. The molecule has 2 aromatic heterocycles. The number of hydrogen-bond acceptors (Lipinski definition) is 4. The fraction of sp³-hybridized carbons (Fsp3) is 0.273. The van der Waals surface area contributed by atoms with E-state index in [4.69, 9.17) is 11.5 Å². The summed E-state index contributed by atoms with van der Waals surface area (Å²) in [5, 5.41) is 4.18. The third-order valence-corrected chi connectivity index (χ3v) is 3.55. The van der Waals surface area contributed by atoms with Crippen LogP contribution in [0.3, 0.4) is 0 Å². The minimum Gasteiger partial charge on any atom is -0.397 e. The summed E-state index contributed by atoms with van der Waals surface area (Å²) in [5.74, 6) is 0. The molecule has 4 N–H and O–H groups in total. The summed E-state index contributed by atoms with van der Waals surface area (Å²) in [4.78, 5) is 3.31. The molecular weight excluding hydrogens is 290 g/mol. The quantitative estimate of drug-likeness (QED) is 0.835. The first-order chi connectivity index (χ1) is 9.25. The van der Waals surface area contributed by atoms with Crippen LogP contribution in [0.5, 0.6) is 0 Å². The number of hydrogen-bond donors (Lipinski definition) is 2. The molecule has 0 saturated heterocycles. The molecule has 9 heteroatoms. The molecule has 0 aliphatic rings. The molecule has 108 valence electrons. The summed E-state index contributed by atoms with van der Waals surface area (Å²) in [6.45, 7) is 3.54. The maximum Gasteiger partial charge on any atom is 0.433 e. The van der Waals surface area contributed by atoms with Crippen molar-refractivity contribution in [3.05, 3.63) is 23.7 Å². The zero-order chi connectivity index (χ0) is 15.1. The molecule has 2 aromatic rings. The van der Waals surface area contributed by atoms with E-state index < -0.39 is 11.9 Å². The Bertz CT molecular complexity index is 650. The van der Waals surface area contributed by atoms with Gasteiger partial charge >= 0.3 is 6.18 Å². The van der Waals surface area contributed by atoms with Gasteiger partial charge in [0.1, 0.15) is 5.69 Å². The van der Waals surface area contributed by atoms with Gasteiger partial charge in [-0.2, -0.15) is 18.3 Å². The van der Waals surface area contributed by atoms with Crippen LogP contribution >= 0.6 is 8.73 Å². The Kier molecular flexibility index (Phi) is 3.60. The summed E-state index contributed by atoms with van der Waals surface area (Å²) < 4.78 is 39.8. The van der Waals surface area contributed by atoms with Crippen molar-refractivity contribution in [1.29, 1.82) is 0 Å². The second kappa shape index (κ2) is 4.94. The molecule has 5 nitrogen and oxygen atoms in total. The molecule has 0 radical (unpaired) electrons. The van der Waals surface area contributed by atoms with E-state index in [0.29, 0.717) is 17.1 Å². The van der Waals surface area contributed by atoms with E-state index in [1.165, 1.54) is 0 Å².